The first-order valence-electron chi connectivity index (χ1n) is 11.6. The number of nitrogens with one attached hydrogen (secondary N) is 1. The largest absolute Gasteiger partial charge is 0.355 e. The van der Waals surface area contributed by atoms with Crippen molar-refractivity contribution in [1.82, 2.24) is 25.1 Å². The van der Waals surface area contributed by atoms with E-state index in [-0.39, 0.29) is 16.5 Å². The minimum atomic E-state index is -0.278. The lowest BCUT2D eigenvalue weighted by Gasteiger charge is -2.27. The Morgan fingerprint density at radius 3 is 2.83 bits per heavy atom. The first-order valence-corrected chi connectivity index (χ1v) is 12.9. The molecule has 35 heavy (non-hydrogen) atoms. The topological polar surface area (TPSA) is 84.9 Å². The lowest BCUT2D eigenvalue weighted by molar-refractivity contribution is 0.533. The maximum Gasteiger partial charge on any atom is 0.147 e. The molecule has 6 rings (SSSR count). The summed E-state index contributed by atoms with van der Waals surface area (Å²) in [5.74, 6) is 2.13. The van der Waals surface area contributed by atoms with Crippen molar-refractivity contribution in [2.75, 3.05) is 24.5 Å². The van der Waals surface area contributed by atoms with Gasteiger partial charge in [0, 0.05) is 37.4 Å². The van der Waals surface area contributed by atoms with Gasteiger partial charge in [-0.3, -0.25) is 0 Å². The summed E-state index contributed by atoms with van der Waals surface area (Å²) in [7, 11) is 0. The van der Waals surface area contributed by atoms with E-state index in [4.69, 9.17) is 22.3 Å². The molecule has 1 aromatic carbocycles. The van der Waals surface area contributed by atoms with Crippen LogP contribution in [0.3, 0.4) is 0 Å². The van der Waals surface area contributed by atoms with Crippen LogP contribution in [0.15, 0.2) is 77.5 Å². The quantitative estimate of drug-likeness (QED) is 0.522. The second-order valence-corrected chi connectivity index (χ2v) is 10.6. The highest BCUT2D eigenvalue weighted by molar-refractivity contribution is 8.00. The van der Waals surface area contributed by atoms with Crippen LogP contribution in [0.1, 0.15) is 12.0 Å². The van der Waals surface area contributed by atoms with E-state index in [1.165, 1.54) is 17.8 Å². The first-order chi connectivity index (χ1) is 17.1. The molecule has 4 heterocycles. The highest BCUT2D eigenvalue weighted by Crippen LogP contribution is 2.63. The van der Waals surface area contributed by atoms with Crippen LogP contribution in [0.5, 0.6) is 0 Å². The van der Waals surface area contributed by atoms with Gasteiger partial charge in [-0.2, -0.15) is 5.10 Å². The Morgan fingerprint density at radius 1 is 1.20 bits per heavy atom. The Hall–Kier alpha value is -2.88. The third-order valence-electron chi connectivity index (χ3n) is 7.43. The smallest absolute Gasteiger partial charge is 0.147 e. The Labute approximate surface area is 212 Å². The molecule has 3 aromatic rings. The van der Waals surface area contributed by atoms with Gasteiger partial charge in [-0.15, -0.1) is 0 Å². The molecule has 7 nitrogen and oxygen atoms in total. The van der Waals surface area contributed by atoms with Crippen molar-refractivity contribution in [3.63, 3.8) is 0 Å². The zero-order valence-electron chi connectivity index (χ0n) is 18.9. The fourth-order valence-corrected chi connectivity index (χ4v) is 6.88. The second-order valence-electron chi connectivity index (χ2n) is 9.07. The second kappa shape index (κ2) is 8.96. The molecule has 4 atom stereocenters. The van der Waals surface area contributed by atoms with Crippen LogP contribution in [0.25, 0.3) is 5.82 Å². The third kappa shape index (κ3) is 3.82. The van der Waals surface area contributed by atoms with Crippen molar-refractivity contribution in [2.45, 2.75) is 22.1 Å². The van der Waals surface area contributed by atoms with Gasteiger partial charge in [0.1, 0.15) is 22.5 Å². The number of nitrogens with zero attached hydrogens (tertiary/aromatic N) is 5. The molecule has 0 spiro atoms. The summed E-state index contributed by atoms with van der Waals surface area (Å²) in [5, 5.41) is 8.74. The molecule has 0 amide bonds. The Bertz CT molecular complexity index is 1280. The van der Waals surface area contributed by atoms with Gasteiger partial charge in [0.2, 0.25) is 0 Å². The molecular formula is C25H25ClFN7S. The molecule has 3 aliphatic rings. The molecule has 1 unspecified atom stereocenters. The van der Waals surface area contributed by atoms with Crippen molar-refractivity contribution >= 4 is 35.0 Å². The summed E-state index contributed by atoms with van der Waals surface area (Å²) in [4.78, 5) is 11.6. The van der Waals surface area contributed by atoms with E-state index in [9.17, 15) is 4.39 Å². The summed E-state index contributed by atoms with van der Waals surface area (Å²) < 4.78 is 16.3. The van der Waals surface area contributed by atoms with E-state index >= 15 is 0 Å². The number of fused-ring (bicyclic) bond motifs is 1. The average molecular weight is 510 g/mol. The predicted octanol–water partition coefficient (Wildman–Crippen LogP) is 3.81. The maximum absolute atomic E-state index is 14.6. The fourth-order valence-electron chi connectivity index (χ4n) is 5.67. The van der Waals surface area contributed by atoms with Gasteiger partial charge in [-0.1, -0.05) is 41.6 Å². The lowest BCUT2D eigenvalue weighted by atomic mass is 9.91. The van der Waals surface area contributed by atoms with Crippen molar-refractivity contribution in [1.29, 1.82) is 0 Å². The van der Waals surface area contributed by atoms with Gasteiger partial charge in [-0.05, 0) is 48.2 Å². The molecule has 0 bridgehead atoms. The van der Waals surface area contributed by atoms with Crippen LogP contribution in [0.4, 0.5) is 10.2 Å². The van der Waals surface area contributed by atoms with Crippen molar-refractivity contribution in [2.24, 2.45) is 17.6 Å². The van der Waals surface area contributed by atoms with Gasteiger partial charge in [0.15, 0.2) is 0 Å². The molecule has 10 heteroatoms. The van der Waals surface area contributed by atoms with E-state index in [1.807, 2.05) is 42.9 Å². The number of rotatable bonds is 6. The van der Waals surface area contributed by atoms with Crippen molar-refractivity contribution < 1.29 is 4.39 Å². The summed E-state index contributed by atoms with van der Waals surface area (Å²) in [5.41, 5.74) is 6.71. The number of aromatic nitrogens is 4. The molecular weight excluding hydrogens is 485 g/mol. The zero-order valence-corrected chi connectivity index (χ0v) is 20.5. The van der Waals surface area contributed by atoms with Crippen LogP contribution in [-0.4, -0.2) is 44.6 Å². The summed E-state index contributed by atoms with van der Waals surface area (Å²) in [6.45, 7) is 2.12. The normalized spacial score (nSPS) is 27.5. The van der Waals surface area contributed by atoms with Crippen LogP contribution in [-0.2, 0) is 5.41 Å². The molecule has 2 aromatic heterocycles. The predicted molar refractivity (Wildman–Crippen MR) is 136 cm³/mol. The van der Waals surface area contributed by atoms with E-state index in [2.05, 4.69) is 20.3 Å². The molecule has 180 valence electrons. The molecule has 0 radical (unpaired) electrons. The maximum atomic E-state index is 14.6. The number of halogens is 2. The monoisotopic (exact) mass is 509 g/mol. The average Bonchev–Trinajstić information content (AvgIpc) is 3.21. The molecule has 1 saturated heterocycles. The Morgan fingerprint density at radius 2 is 2.09 bits per heavy atom. The lowest BCUT2D eigenvalue weighted by Crippen LogP contribution is -2.32. The number of benzene rings is 1. The number of piperidine rings is 1. The molecule has 1 saturated carbocycles. The van der Waals surface area contributed by atoms with Crippen LogP contribution >= 0.6 is 23.4 Å². The molecule has 2 fully saturated rings. The number of hydrogen-bond acceptors (Lipinski definition) is 7. The number of thioether (sulfide) groups is 1. The Kier molecular flexibility index (Phi) is 5.78. The first kappa shape index (κ1) is 22.6. The van der Waals surface area contributed by atoms with Gasteiger partial charge in [0.25, 0.3) is 0 Å². The van der Waals surface area contributed by atoms with Gasteiger partial charge < -0.3 is 16.0 Å². The number of nitrogens with two attached hydrogens (primary N) is 1. The van der Waals surface area contributed by atoms with Crippen LogP contribution < -0.4 is 16.0 Å². The summed E-state index contributed by atoms with van der Waals surface area (Å²) >= 11 is 8.19. The third-order valence-corrected chi connectivity index (χ3v) is 9.07. The van der Waals surface area contributed by atoms with E-state index in [0.29, 0.717) is 23.4 Å². The molecule has 1 aliphatic carbocycles. The standard InChI is InChI=1S/C25H25ClFN7S/c26-23-20(6-9-29-24(23)34-10-3-8-32-34)35-22-13-30-21(12-31-22)33-11-7-16-18(14-33)25(16,15-28)17-4-1-2-5-19(17)27/h1-6,8-10,12-13,16,18,20,29H,7,11,14-15,28H2/t16-,18+,20?,25-/m1/s1. The summed E-state index contributed by atoms with van der Waals surface area (Å²) in [6.07, 6.45) is 12.0. The molecule has 3 N–H and O–H groups in total. The minimum Gasteiger partial charge on any atom is -0.355 e. The highest BCUT2D eigenvalue weighted by atomic mass is 35.5. The van der Waals surface area contributed by atoms with Gasteiger partial charge in [0.05, 0.1) is 22.7 Å². The van der Waals surface area contributed by atoms with Gasteiger partial charge >= 0.3 is 0 Å². The fraction of sp³-hybridized carbons (Fsp3) is 0.320. The summed E-state index contributed by atoms with van der Waals surface area (Å²) in [6, 6.07) is 8.91. The molecule has 2 aliphatic heterocycles. The SMILES string of the molecule is NC[C@]1(c2ccccc2F)[C@@H]2CCN(c3cnc(SC4C=CNC(n5cccn5)=C4Cl)cn3)C[C@@H]21. The number of hydrogen-bond donors (Lipinski definition) is 2. The van der Waals surface area contributed by atoms with Crippen LogP contribution in [0, 0.1) is 17.7 Å². The Balaban J connectivity index is 1.15. The number of anilines is 1. The number of dihydropyridines is 1. The zero-order chi connectivity index (χ0) is 24.0. The van der Waals surface area contributed by atoms with E-state index < -0.39 is 0 Å². The van der Waals surface area contributed by atoms with E-state index in [1.54, 1.807) is 23.1 Å². The van der Waals surface area contributed by atoms with Gasteiger partial charge in [-0.25, -0.2) is 19.0 Å². The minimum absolute atomic E-state index is 0.0922. The van der Waals surface area contributed by atoms with Crippen molar-refractivity contribution in [3.8, 4) is 0 Å². The van der Waals surface area contributed by atoms with Crippen molar-refractivity contribution in [3.05, 3.63) is 83.8 Å². The van der Waals surface area contributed by atoms with E-state index in [0.717, 1.165) is 41.7 Å². The highest BCUT2D eigenvalue weighted by Gasteiger charge is 2.66. The van der Waals surface area contributed by atoms with Crippen LogP contribution in [0.2, 0.25) is 0 Å².